The molecule has 6 aliphatic rings. The van der Waals surface area contributed by atoms with Gasteiger partial charge in [0.15, 0.2) is 11.6 Å². The van der Waals surface area contributed by atoms with Crippen molar-refractivity contribution in [2.24, 2.45) is 0 Å². The van der Waals surface area contributed by atoms with E-state index < -0.39 is 20.9 Å². The molecule has 9 nitrogen and oxygen atoms in total. The van der Waals surface area contributed by atoms with Crippen molar-refractivity contribution in [3.8, 4) is 0 Å². The third-order valence-electron chi connectivity index (χ3n) is 16.6. The molecule has 0 unspecified atom stereocenters. The zero-order chi connectivity index (χ0) is 69.5. The standard InChI is InChI=1S/C26H15NO2SeTe.C17H11NOSeTe.C16H11NSeTe.C12H9NTe.C9H6O2.C4H3ISe/c28-25-17-7-1-2-8-18(17)26(29)19(25)15-16-13-14-24(30-16)27-20-9-3-5-11-22(20)31-23-12-6-4-10-21(23)27;19-11-12-9-10-17(20-12)18-13-5-1-3-7-15(13)21-16-8-4-2-6-14(16)18;1-3-8-14-12(6-1)17(16-10-5-11-18-16)13-7-2-4-9-15(13)19-14;1-3-7-11-9(5-1)13-10-6-2-4-8-12(10)14-11;10-8-5-9(11)7-4-2-1-3-6(7)8;5-4-2-1-3-6-4/h1-15H;1-11H;1-11H;1-8,13H;1-4H,5H2;1-3H. The third kappa shape index (κ3) is 15.7. The topological polar surface area (TPSA) is 107 Å². The van der Waals surface area contributed by atoms with E-state index in [2.05, 4.69) is 289 Å². The van der Waals surface area contributed by atoms with Crippen molar-refractivity contribution < 1.29 is 24.0 Å². The average molecular weight is 2150 g/mol. The fourth-order valence-electron chi connectivity index (χ4n) is 12.0. The Balaban J connectivity index is 0.000000105. The van der Waals surface area contributed by atoms with Crippen LogP contribution in [0.4, 0.5) is 59.2 Å². The van der Waals surface area contributed by atoms with E-state index in [0.29, 0.717) is 51.3 Å². The molecule has 8 heterocycles. The molecule has 10 aromatic carbocycles. The van der Waals surface area contributed by atoms with Gasteiger partial charge in [-0.25, -0.2) is 0 Å². The van der Waals surface area contributed by atoms with E-state index in [1.807, 2.05) is 12.1 Å². The van der Waals surface area contributed by atoms with Gasteiger partial charge in [-0.2, -0.15) is 0 Å². The van der Waals surface area contributed by atoms with Crippen molar-refractivity contribution in [2.75, 3.05) is 20.0 Å². The number of halogens is 1. The number of allylic oxidation sites excluding steroid dienone is 1. The van der Waals surface area contributed by atoms with Gasteiger partial charge in [-0.05, 0) is 0 Å². The summed E-state index contributed by atoms with van der Waals surface area (Å²) in [5, 5.41) is 3.47. The van der Waals surface area contributed by atoms with Gasteiger partial charge in [0.05, 0.1) is 6.42 Å². The SMILES string of the molecule is Ic1ccc[se]1.O=C1C(=Cc2ccc(N3c4ccccc4[Te]c4ccccc43)[se]2)C(=O)c2ccccc21.O=C1CC(=O)c2ccccc21.O=Cc1ccc(N2c3ccccc3[Te]c3ccccc32)[se]1.c1c[se]c(N2c3ccccc3[Te]c3ccccc32)c1.c1ccc2c(c1)Nc1ccccc1[Te]2. The zero-order valence-electron chi connectivity index (χ0n) is 53.8. The molecule has 0 bridgehead atoms. The number of rotatable bonds is 5. The van der Waals surface area contributed by atoms with Gasteiger partial charge < -0.3 is 0 Å². The summed E-state index contributed by atoms with van der Waals surface area (Å²) < 4.78 is 19.3. The molecule has 18 heteroatoms. The number of fused-ring (bicyclic) bond motifs is 10. The van der Waals surface area contributed by atoms with Crippen molar-refractivity contribution in [1.82, 2.24) is 0 Å². The molecule has 0 spiro atoms. The number of carbonyl (C=O) groups excluding carboxylic acids is 5. The van der Waals surface area contributed by atoms with Gasteiger partial charge in [-0.15, -0.1) is 0 Å². The second kappa shape index (κ2) is 33.2. The van der Waals surface area contributed by atoms with Crippen molar-refractivity contribution in [1.29, 1.82) is 0 Å². The Morgan fingerprint density at radius 2 is 0.667 bits per heavy atom. The van der Waals surface area contributed by atoms with Crippen LogP contribution >= 0.6 is 22.6 Å². The van der Waals surface area contributed by atoms with Crippen molar-refractivity contribution in [3.63, 3.8) is 0 Å². The normalized spacial score (nSPS) is 13.3. The minimum atomic E-state index is -0.416. The van der Waals surface area contributed by atoms with Gasteiger partial charge in [0, 0.05) is 11.1 Å². The molecular weight excluding hydrogens is 2100 g/mol. The van der Waals surface area contributed by atoms with Gasteiger partial charge in [-0.3, -0.25) is 9.59 Å². The first-order chi connectivity index (χ1) is 50.1. The molecule has 0 atom stereocenters. The Morgan fingerprint density at radius 3 is 1.03 bits per heavy atom. The summed E-state index contributed by atoms with van der Waals surface area (Å²) in [4.78, 5) is 70.4. The van der Waals surface area contributed by atoms with Crippen LogP contribution in [-0.2, 0) is 0 Å². The summed E-state index contributed by atoms with van der Waals surface area (Å²) in [6.45, 7) is 0. The van der Waals surface area contributed by atoms with Gasteiger partial charge >= 0.3 is 616 Å². The summed E-state index contributed by atoms with van der Waals surface area (Å²) in [5.74, 6) is -0.425. The summed E-state index contributed by atoms with van der Waals surface area (Å²) >= 11 is 2.44. The number of hydrogen-bond acceptors (Lipinski definition) is 9. The Bertz CT molecular complexity index is 5230. The van der Waals surface area contributed by atoms with Crippen LogP contribution in [-0.4, -0.2) is 171 Å². The third-order valence-corrected chi connectivity index (χ3v) is 38.6. The molecule has 102 heavy (non-hydrogen) atoms. The van der Waals surface area contributed by atoms with E-state index in [0.717, 1.165) is 15.2 Å². The first-order valence-electron chi connectivity index (χ1n) is 32.2. The van der Waals surface area contributed by atoms with Gasteiger partial charge in [0.25, 0.3) is 0 Å². The monoisotopic (exact) mass is 2170 g/mol. The second-order valence-corrected chi connectivity index (χ2v) is 46.7. The molecule has 1 N–H and O–H groups in total. The van der Waals surface area contributed by atoms with E-state index in [1.165, 1.54) is 83.3 Å². The first kappa shape index (κ1) is 71.0. The average Bonchev–Trinajstić information content (AvgIpc) is 0.884. The number of benzene rings is 10. The number of carbonyl (C=O) groups is 5. The quantitative estimate of drug-likeness (QED) is 0.0450. The number of nitrogens with one attached hydrogen (secondary N) is 1. The second-order valence-electron chi connectivity index (χ2n) is 23.0. The Hall–Kier alpha value is -6.62. The first-order valence-corrected chi connectivity index (χ1v) is 49.7. The van der Waals surface area contributed by atoms with Crippen LogP contribution in [0.15, 0.2) is 307 Å². The number of hydrogen-bond donors (Lipinski definition) is 1. The molecule has 0 fully saturated rings. The molecule has 2 aliphatic carbocycles. The van der Waals surface area contributed by atoms with Crippen LogP contribution in [0.1, 0.15) is 61.5 Å². The molecule has 496 valence electrons. The molecule has 20 rings (SSSR count). The fraction of sp³-hybridized carbons (Fsp3) is 0.0119. The minimum absolute atomic E-state index is 0.000454. The van der Waals surface area contributed by atoms with Gasteiger partial charge in [-0.1, -0.05) is 24.3 Å². The van der Waals surface area contributed by atoms with Crippen LogP contribution in [0.3, 0.4) is 0 Å². The van der Waals surface area contributed by atoms with E-state index in [4.69, 9.17) is 0 Å². The maximum absolute atomic E-state index is 12.8. The summed E-state index contributed by atoms with van der Waals surface area (Å²) in [7, 11) is 0. The molecule has 4 aliphatic heterocycles. The van der Waals surface area contributed by atoms with Gasteiger partial charge in [0.2, 0.25) is 0 Å². The Labute approximate surface area is 669 Å². The van der Waals surface area contributed by atoms with E-state index in [-0.39, 0.29) is 127 Å². The van der Waals surface area contributed by atoms with E-state index >= 15 is 0 Å². The Morgan fingerprint density at radius 1 is 0.333 bits per heavy atom. The molecule has 0 saturated heterocycles. The predicted molar refractivity (Wildman–Crippen MR) is 435 cm³/mol. The predicted octanol–water partition coefficient (Wildman–Crippen LogP) is 12.0. The summed E-state index contributed by atoms with van der Waals surface area (Å²) in [6, 6.07) is 101. The van der Waals surface area contributed by atoms with E-state index in [9.17, 15) is 24.0 Å². The van der Waals surface area contributed by atoms with Crippen LogP contribution in [0.25, 0.3) is 6.08 Å². The number of para-hydroxylation sites is 8. The fourth-order valence-corrected chi connectivity index (χ4v) is 31.2. The van der Waals surface area contributed by atoms with Crippen LogP contribution in [0, 0.1) is 2.44 Å². The van der Waals surface area contributed by atoms with Crippen LogP contribution in [0.5, 0.6) is 0 Å². The van der Waals surface area contributed by atoms with Crippen LogP contribution in [0.2, 0.25) is 0 Å². The number of aldehydes is 1. The summed E-state index contributed by atoms with van der Waals surface area (Å²) in [6.07, 6.45) is 2.85. The van der Waals surface area contributed by atoms with E-state index in [1.54, 1.807) is 55.8 Å². The van der Waals surface area contributed by atoms with Crippen molar-refractivity contribution in [3.05, 3.63) is 340 Å². The molecule has 0 amide bonds. The van der Waals surface area contributed by atoms with Crippen molar-refractivity contribution >= 4 is 288 Å². The molecular formula is C84H55IN4O5Se4Te4. The maximum atomic E-state index is 12.8. The Kier molecular flexibility index (Phi) is 23.1. The molecule has 14 aromatic rings. The number of Topliss-reactive ketones (excluding diaryl/α,β-unsaturated/α-hetero) is 4. The zero-order valence-corrected chi connectivity index (χ0v) is 72.1. The molecule has 0 saturated carbocycles. The number of ketones is 4. The number of anilines is 11. The molecule has 4 aromatic heterocycles. The van der Waals surface area contributed by atoms with Crippen LogP contribution < -0.4 is 48.9 Å². The molecule has 0 radical (unpaired) electrons. The van der Waals surface area contributed by atoms with Gasteiger partial charge in [0.1, 0.15) is 0 Å². The number of nitrogens with zero attached hydrogens (tertiary/aromatic N) is 3. The summed E-state index contributed by atoms with van der Waals surface area (Å²) in [5.41, 5.74) is 13.0. The van der Waals surface area contributed by atoms with Crippen molar-refractivity contribution in [2.45, 2.75) is 6.42 Å².